The molecule has 1 aromatic heterocycles. The molecule has 0 spiro atoms. The van der Waals surface area contributed by atoms with Gasteiger partial charge in [0.15, 0.2) is 0 Å². The topological polar surface area (TPSA) is 71.8 Å². The van der Waals surface area contributed by atoms with E-state index >= 15 is 0 Å². The summed E-state index contributed by atoms with van der Waals surface area (Å²) in [4.78, 5) is 17.3. The van der Waals surface area contributed by atoms with Gasteiger partial charge in [0, 0.05) is 11.7 Å². The number of benzene rings is 2. The molecule has 0 saturated carbocycles. The van der Waals surface area contributed by atoms with Crippen molar-refractivity contribution in [2.45, 2.75) is 19.0 Å². The van der Waals surface area contributed by atoms with Crippen molar-refractivity contribution < 1.29 is 9.18 Å². The number of hydrogen-bond acceptors (Lipinski definition) is 4. The van der Waals surface area contributed by atoms with E-state index in [9.17, 15) is 9.18 Å². The maximum absolute atomic E-state index is 13.4. The predicted octanol–water partition coefficient (Wildman–Crippen LogP) is 3.08. The van der Waals surface area contributed by atoms with E-state index in [0.717, 1.165) is 11.3 Å². The van der Waals surface area contributed by atoms with Gasteiger partial charge >= 0.3 is 0 Å². The van der Waals surface area contributed by atoms with E-state index < -0.39 is 5.92 Å². The molecule has 4 rings (SSSR count). The summed E-state index contributed by atoms with van der Waals surface area (Å²) in [6.45, 7) is 1.93. The zero-order chi connectivity index (χ0) is 18.1. The predicted molar refractivity (Wildman–Crippen MR) is 96.2 cm³/mol. The van der Waals surface area contributed by atoms with Crippen LogP contribution in [0.5, 0.6) is 0 Å². The fourth-order valence-corrected chi connectivity index (χ4v) is 3.40. The molecule has 0 saturated heterocycles. The van der Waals surface area contributed by atoms with Crippen molar-refractivity contribution >= 4 is 17.5 Å². The average Bonchev–Trinajstić information content (AvgIpc) is 3.10. The maximum Gasteiger partial charge on any atom is 0.232 e. The zero-order valence-electron chi connectivity index (χ0n) is 14.1. The lowest BCUT2D eigenvalue weighted by atomic mass is 9.85. The molecule has 132 valence electrons. The van der Waals surface area contributed by atoms with Crippen LogP contribution in [-0.4, -0.2) is 26.7 Å². The minimum absolute atomic E-state index is 0.133. The number of nitrogens with zero attached hydrogens (tertiary/aromatic N) is 3. The molecule has 3 atom stereocenters. The van der Waals surface area contributed by atoms with Crippen LogP contribution in [-0.2, 0) is 4.79 Å². The normalized spacial score (nSPS) is 21.5. The zero-order valence-corrected chi connectivity index (χ0v) is 14.1. The van der Waals surface area contributed by atoms with Crippen LogP contribution in [0.25, 0.3) is 0 Å². The Morgan fingerprint density at radius 2 is 1.88 bits per heavy atom. The summed E-state index contributed by atoms with van der Waals surface area (Å²) in [5.41, 5.74) is 1.53. The summed E-state index contributed by atoms with van der Waals surface area (Å²) in [7, 11) is 0. The highest BCUT2D eigenvalue weighted by Crippen LogP contribution is 2.36. The second kappa shape index (κ2) is 6.59. The summed E-state index contributed by atoms with van der Waals surface area (Å²) < 4.78 is 15.1. The highest BCUT2D eigenvalue weighted by atomic mass is 19.1. The SMILES string of the molecule is C[C@@H]1Nc2ncnn2[C@@H](c2ccc(F)cc2)[C@@H]1C(=O)Nc1ccccc1. The lowest BCUT2D eigenvalue weighted by Crippen LogP contribution is -2.46. The molecule has 1 amide bonds. The van der Waals surface area contributed by atoms with Crippen LogP contribution < -0.4 is 10.6 Å². The van der Waals surface area contributed by atoms with Crippen LogP contribution in [0, 0.1) is 11.7 Å². The molecular weight excluding hydrogens is 333 g/mol. The number of amides is 1. The van der Waals surface area contributed by atoms with Gasteiger partial charge in [-0.15, -0.1) is 0 Å². The molecule has 1 aliphatic heterocycles. The van der Waals surface area contributed by atoms with Crippen molar-refractivity contribution in [3.63, 3.8) is 0 Å². The molecule has 1 aliphatic rings. The fourth-order valence-electron chi connectivity index (χ4n) is 3.40. The van der Waals surface area contributed by atoms with Crippen molar-refractivity contribution in [2.75, 3.05) is 10.6 Å². The van der Waals surface area contributed by atoms with Crippen molar-refractivity contribution in [1.29, 1.82) is 0 Å². The number of nitrogens with one attached hydrogen (secondary N) is 2. The molecule has 2 heterocycles. The Bertz CT molecular complexity index is 909. The number of aromatic nitrogens is 3. The lowest BCUT2D eigenvalue weighted by molar-refractivity contribution is -0.121. The van der Waals surface area contributed by atoms with Crippen LogP contribution in [0.15, 0.2) is 60.9 Å². The number of rotatable bonds is 3. The number of halogens is 1. The Hall–Kier alpha value is -3.22. The molecule has 2 aromatic carbocycles. The van der Waals surface area contributed by atoms with Crippen LogP contribution >= 0.6 is 0 Å². The van der Waals surface area contributed by atoms with Gasteiger partial charge < -0.3 is 10.6 Å². The van der Waals surface area contributed by atoms with Gasteiger partial charge in [0.05, 0.1) is 12.0 Å². The molecule has 6 nitrogen and oxygen atoms in total. The summed E-state index contributed by atoms with van der Waals surface area (Å²) in [6, 6.07) is 14.9. The molecule has 2 N–H and O–H groups in total. The van der Waals surface area contributed by atoms with E-state index in [1.807, 2.05) is 37.3 Å². The van der Waals surface area contributed by atoms with Crippen LogP contribution in [0.2, 0.25) is 0 Å². The smallest absolute Gasteiger partial charge is 0.232 e. The van der Waals surface area contributed by atoms with Gasteiger partial charge in [0.1, 0.15) is 12.1 Å². The van der Waals surface area contributed by atoms with Crippen LogP contribution in [0.1, 0.15) is 18.5 Å². The Balaban J connectivity index is 1.73. The first-order valence-electron chi connectivity index (χ1n) is 8.41. The molecule has 26 heavy (non-hydrogen) atoms. The molecular formula is C19H18FN5O. The number of hydrogen-bond donors (Lipinski definition) is 2. The van der Waals surface area contributed by atoms with Crippen LogP contribution in [0.3, 0.4) is 0 Å². The second-order valence-electron chi connectivity index (χ2n) is 6.34. The first-order valence-corrected chi connectivity index (χ1v) is 8.41. The Labute approximate surface area is 150 Å². The first kappa shape index (κ1) is 16.3. The van der Waals surface area contributed by atoms with Gasteiger partial charge in [-0.1, -0.05) is 30.3 Å². The maximum atomic E-state index is 13.4. The van der Waals surface area contributed by atoms with Gasteiger partial charge in [-0.2, -0.15) is 10.1 Å². The van der Waals surface area contributed by atoms with Crippen molar-refractivity contribution in [3.05, 3.63) is 72.3 Å². The van der Waals surface area contributed by atoms with Gasteiger partial charge in [-0.3, -0.25) is 4.79 Å². The van der Waals surface area contributed by atoms with E-state index in [1.165, 1.54) is 18.5 Å². The summed E-state index contributed by atoms with van der Waals surface area (Å²) in [6.07, 6.45) is 1.45. The minimum atomic E-state index is -0.449. The highest BCUT2D eigenvalue weighted by Gasteiger charge is 2.41. The number of carbonyl (C=O) groups is 1. The summed E-state index contributed by atoms with van der Waals surface area (Å²) in [5, 5.41) is 10.5. The third-order valence-electron chi connectivity index (χ3n) is 4.63. The number of anilines is 2. The van der Waals surface area contributed by atoms with E-state index in [1.54, 1.807) is 16.8 Å². The molecule has 7 heteroatoms. The lowest BCUT2D eigenvalue weighted by Gasteiger charge is -2.36. The monoisotopic (exact) mass is 351 g/mol. The van der Waals surface area contributed by atoms with Crippen molar-refractivity contribution in [2.24, 2.45) is 5.92 Å². The average molecular weight is 351 g/mol. The first-order chi connectivity index (χ1) is 12.6. The number of para-hydroxylation sites is 1. The van der Waals surface area contributed by atoms with Crippen LogP contribution in [0.4, 0.5) is 16.0 Å². The quantitative estimate of drug-likeness (QED) is 0.761. The Morgan fingerprint density at radius 1 is 1.15 bits per heavy atom. The van der Waals surface area contributed by atoms with Gasteiger partial charge in [0.2, 0.25) is 11.9 Å². The van der Waals surface area contributed by atoms with E-state index in [4.69, 9.17) is 0 Å². The van der Waals surface area contributed by atoms with Crippen molar-refractivity contribution in [3.8, 4) is 0 Å². The van der Waals surface area contributed by atoms with Gasteiger partial charge in [-0.25, -0.2) is 9.07 Å². The Kier molecular flexibility index (Phi) is 4.12. The standard InChI is InChI=1S/C19H18FN5O/c1-12-16(18(26)24-15-5-3-2-4-6-15)17(13-7-9-14(20)10-8-13)25-19(23-12)21-11-22-25/h2-12,16-17H,1H3,(H,24,26)(H,21,22,23)/t12-,16+,17-/m0/s1. The fraction of sp³-hybridized carbons (Fsp3) is 0.211. The number of fused-ring (bicyclic) bond motifs is 1. The molecule has 0 aliphatic carbocycles. The molecule has 0 radical (unpaired) electrons. The highest BCUT2D eigenvalue weighted by molar-refractivity contribution is 5.94. The van der Waals surface area contributed by atoms with Crippen molar-refractivity contribution in [1.82, 2.24) is 14.8 Å². The third-order valence-corrected chi connectivity index (χ3v) is 4.63. The molecule has 3 aromatic rings. The Morgan fingerprint density at radius 3 is 2.62 bits per heavy atom. The summed E-state index contributed by atoms with van der Waals surface area (Å²) in [5.74, 6) is -0.308. The number of carbonyl (C=O) groups excluding carboxylic acids is 1. The molecule has 0 bridgehead atoms. The van der Waals surface area contributed by atoms with E-state index in [0.29, 0.717) is 5.95 Å². The summed E-state index contributed by atoms with van der Waals surface area (Å²) >= 11 is 0. The molecule has 0 fully saturated rings. The third kappa shape index (κ3) is 2.92. The second-order valence-corrected chi connectivity index (χ2v) is 6.34. The largest absolute Gasteiger partial charge is 0.351 e. The minimum Gasteiger partial charge on any atom is -0.351 e. The van der Waals surface area contributed by atoms with Gasteiger partial charge in [0.25, 0.3) is 0 Å². The van der Waals surface area contributed by atoms with E-state index in [2.05, 4.69) is 20.7 Å². The van der Waals surface area contributed by atoms with Gasteiger partial charge in [-0.05, 0) is 36.8 Å². The van der Waals surface area contributed by atoms with E-state index in [-0.39, 0.29) is 23.8 Å². The molecule has 0 unspecified atom stereocenters.